The van der Waals surface area contributed by atoms with Crippen LogP contribution in [0.5, 0.6) is 5.75 Å². The third kappa shape index (κ3) is 2.85. The van der Waals surface area contributed by atoms with Crippen molar-refractivity contribution >= 4 is 22.6 Å². The number of nitrogens with zero attached hydrogens (tertiary/aromatic N) is 1. The number of nitrogens with one attached hydrogen (secondary N) is 1. The molecule has 0 aliphatic rings. The van der Waals surface area contributed by atoms with Crippen LogP contribution in [0.25, 0.3) is 11.4 Å². The Morgan fingerprint density at radius 1 is 1.35 bits per heavy atom. The van der Waals surface area contributed by atoms with E-state index in [-0.39, 0.29) is 17.9 Å². The summed E-state index contributed by atoms with van der Waals surface area (Å²) in [5.74, 6) is 0.743. The first-order valence-electron chi connectivity index (χ1n) is 6.02. The number of methoxy groups -OCH3 is 1. The predicted octanol–water partition coefficient (Wildman–Crippen LogP) is 2.51. The van der Waals surface area contributed by atoms with E-state index < -0.39 is 0 Å². The molecular weight excluding hydrogens is 371 g/mol. The number of H-pyrrole nitrogens is 1. The van der Waals surface area contributed by atoms with Gasteiger partial charge in [-0.1, -0.05) is 0 Å². The summed E-state index contributed by atoms with van der Waals surface area (Å²) in [4.78, 5) is 19.1. The highest BCUT2D eigenvalue weighted by Gasteiger charge is 2.12. The average molecular weight is 386 g/mol. The number of ether oxygens (including phenoxy) is 1. The number of aryl methyl sites for hydroxylation is 2. The van der Waals surface area contributed by atoms with Crippen LogP contribution in [-0.2, 0) is 11.3 Å². The highest BCUT2D eigenvalue weighted by Crippen LogP contribution is 2.27. The Labute approximate surface area is 130 Å². The van der Waals surface area contributed by atoms with Gasteiger partial charge >= 0.3 is 0 Å². The topological polar surface area (TPSA) is 75.2 Å². The first-order chi connectivity index (χ1) is 9.43. The zero-order valence-electron chi connectivity index (χ0n) is 11.5. The SMILES string of the molecule is COCc1nc(-c2cc(C)c(O)c(C)c2)[nH]c(=O)c1I. The van der Waals surface area contributed by atoms with Gasteiger partial charge in [0.1, 0.15) is 15.1 Å². The smallest absolute Gasteiger partial charge is 0.264 e. The quantitative estimate of drug-likeness (QED) is 0.796. The lowest BCUT2D eigenvalue weighted by molar-refractivity contribution is 0.180. The Kier molecular flexibility index (Phi) is 4.44. The van der Waals surface area contributed by atoms with Gasteiger partial charge in [-0.2, -0.15) is 0 Å². The minimum atomic E-state index is -0.189. The summed E-state index contributed by atoms with van der Waals surface area (Å²) in [5.41, 5.74) is 2.67. The summed E-state index contributed by atoms with van der Waals surface area (Å²) in [7, 11) is 1.56. The number of rotatable bonds is 3. The number of phenolic OH excluding ortho intramolecular Hbond substituents is 1. The molecule has 0 radical (unpaired) electrons. The standard InChI is InChI=1S/C14H15IN2O3/c1-7-4-9(5-8(2)12(7)18)13-16-10(6-20-3)11(15)14(19)17-13/h4-5,18H,6H2,1-3H3,(H,16,17,19). The van der Waals surface area contributed by atoms with Crippen LogP contribution in [-0.4, -0.2) is 22.2 Å². The maximum atomic E-state index is 11.9. The van der Waals surface area contributed by atoms with Gasteiger partial charge in [0.2, 0.25) is 0 Å². The molecule has 1 aromatic carbocycles. The minimum Gasteiger partial charge on any atom is -0.507 e. The summed E-state index contributed by atoms with van der Waals surface area (Å²) in [6.07, 6.45) is 0. The number of halogens is 1. The Morgan fingerprint density at radius 2 is 1.95 bits per heavy atom. The number of benzene rings is 1. The van der Waals surface area contributed by atoms with E-state index in [0.717, 1.165) is 16.7 Å². The van der Waals surface area contributed by atoms with Crippen LogP contribution in [0.15, 0.2) is 16.9 Å². The Bertz CT molecular complexity index is 687. The van der Waals surface area contributed by atoms with Crippen molar-refractivity contribution in [3.05, 3.63) is 42.9 Å². The first kappa shape index (κ1) is 15.0. The third-order valence-corrected chi connectivity index (χ3v) is 4.09. The molecule has 5 nitrogen and oxygen atoms in total. The molecule has 0 saturated carbocycles. The van der Waals surface area contributed by atoms with Gasteiger partial charge in [-0.25, -0.2) is 4.98 Å². The van der Waals surface area contributed by atoms with E-state index in [2.05, 4.69) is 9.97 Å². The lowest BCUT2D eigenvalue weighted by atomic mass is 10.1. The molecule has 0 atom stereocenters. The maximum Gasteiger partial charge on any atom is 0.264 e. The fourth-order valence-electron chi connectivity index (χ4n) is 1.97. The second kappa shape index (κ2) is 5.92. The van der Waals surface area contributed by atoms with Gasteiger partial charge in [0, 0.05) is 12.7 Å². The van der Waals surface area contributed by atoms with Crippen molar-refractivity contribution in [1.29, 1.82) is 0 Å². The Morgan fingerprint density at radius 3 is 2.50 bits per heavy atom. The molecule has 0 bridgehead atoms. The van der Waals surface area contributed by atoms with Gasteiger partial charge in [0.15, 0.2) is 0 Å². The molecule has 0 saturated heterocycles. The van der Waals surface area contributed by atoms with Crippen molar-refractivity contribution < 1.29 is 9.84 Å². The van der Waals surface area contributed by atoms with Gasteiger partial charge in [-0.3, -0.25) is 4.79 Å². The molecule has 2 aromatic rings. The van der Waals surface area contributed by atoms with Gasteiger partial charge in [0.05, 0.1) is 12.3 Å². The summed E-state index contributed by atoms with van der Waals surface area (Å²) < 4.78 is 5.59. The first-order valence-corrected chi connectivity index (χ1v) is 7.10. The molecule has 0 spiro atoms. The maximum absolute atomic E-state index is 11.9. The number of aromatic amines is 1. The van der Waals surface area contributed by atoms with Gasteiger partial charge in [-0.05, 0) is 59.7 Å². The van der Waals surface area contributed by atoms with Crippen molar-refractivity contribution in [3.63, 3.8) is 0 Å². The number of hydrogen-bond acceptors (Lipinski definition) is 4. The van der Waals surface area contributed by atoms with Crippen LogP contribution in [0.3, 0.4) is 0 Å². The van der Waals surface area contributed by atoms with Gasteiger partial charge in [0.25, 0.3) is 5.56 Å². The Balaban J connectivity index is 2.61. The van der Waals surface area contributed by atoms with Crippen molar-refractivity contribution in [1.82, 2.24) is 9.97 Å². The minimum absolute atomic E-state index is 0.189. The van der Waals surface area contributed by atoms with E-state index in [0.29, 0.717) is 15.1 Å². The largest absolute Gasteiger partial charge is 0.507 e. The molecule has 0 amide bonds. The van der Waals surface area contributed by atoms with E-state index in [9.17, 15) is 9.90 Å². The lowest BCUT2D eigenvalue weighted by Gasteiger charge is -2.09. The van der Waals surface area contributed by atoms with Crippen LogP contribution >= 0.6 is 22.6 Å². The molecule has 1 aromatic heterocycles. The highest BCUT2D eigenvalue weighted by atomic mass is 127. The monoisotopic (exact) mass is 386 g/mol. The average Bonchev–Trinajstić information content (AvgIpc) is 2.40. The molecule has 0 aliphatic carbocycles. The Hall–Kier alpha value is -1.41. The van der Waals surface area contributed by atoms with Gasteiger partial charge < -0.3 is 14.8 Å². The van der Waals surface area contributed by atoms with Crippen LogP contribution in [0, 0.1) is 17.4 Å². The molecule has 106 valence electrons. The number of phenols is 1. The van der Waals surface area contributed by atoms with E-state index in [1.54, 1.807) is 19.2 Å². The summed E-state index contributed by atoms with van der Waals surface area (Å²) in [5, 5.41) is 9.80. The fourth-order valence-corrected chi connectivity index (χ4v) is 2.38. The second-order valence-corrected chi connectivity index (χ2v) is 5.65. The molecule has 6 heteroatoms. The van der Waals surface area contributed by atoms with Gasteiger partial charge in [-0.15, -0.1) is 0 Å². The van der Waals surface area contributed by atoms with E-state index >= 15 is 0 Å². The van der Waals surface area contributed by atoms with Crippen molar-refractivity contribution in [2.45, 2.75) is 20.5 Å². The van der Waals surface area contributed by atoms with Crippen molar-refractivity contribution in [2.24, 2.45) is 0 Å². The summed E-state index contributed by atoms with van der Waals surface area (Å²) in [6.45, 7) is 3.91. The third-order valence-electron chi connectivity index (χ3n) is 2.98. The molecule has 1 heterocycles. The van der Waals surface area contributed by atoms with Crippen LogP contribution in [0.2, 0.25) is 0 Å². The molecule has 0 aliphatic heterocycles. The van der Waals surface area contributed by atoms with E-state index in [1.165, 1.54) is 0 Å². The van der Waals surface area contributed by atoms with E-state index in [1.807, 2.05) is 36.4 Å². The molecule has 0 fully saturated rings. The second-order valence-electron chi connectivity index (χ2n) is 4.57. The zero-order chi connectivity index (χ0) is 14.9. The van der Waals surface area contributed by atoms with Crippen LogP contribution < -0.4 is 5.56 Å². The molecule has 2 N–H and O–H groups in total. The van der Waals surface area contributed by atoms with E-state index in [4.69, 9.17) is 4.74 Å². The molecule has 20 heavy (non-hydrogen) atoms. The fraction of sp³-hybridized carbons (Fsp3) is 0.286. The predicted molar refractivity (Wildman–Crippen MR) is 84.9 cm³/mol. The van der Waals surface area contributed by atoms with Crippen LogP contribution in [0.4, 0.5) is 0 Å². The van der Waals surface area contributed by atoms with Crippen LogP contribution in [0.1, 0.15) is 16.8 Å². The molecule has 0 unspecified atom stereocenters. The summed E-state index contributed by atoms with van der Waals surface area (Å²) >= 11 is 1.96. The van der Waals surface area contributed by atoms with Crippen molar-refractivity contribution in [3.8, 4) is 17.1 Å². The van der Waals surface area contributed by atoms with Crippen molar-refractivity contribution in [2.75, 3.05) is 7.11 Å². The lowest BCUT2D eigenvalue weighted by Crippen LogP contribution is -2.16. The molecular formula is C14H15IN2O3. The highest BCUT2D eigenvalue weighted by molar-refractivity contribution is 14.1. The number of hydrogen-bond donors (Lipinski definition) is 2. The zero-order valence-corrected chi connectivity index (χ0v) is 13.6. The molecule has 2 rings (SSSR count). The summed E-state index contributed by atoms with van der Waals surface area (Å²) in [6, 6.07) is 3.59. The number of aromatic hydroxyl groups is 1. The normalized spacial score (nSPS) is 10.8. The number of aromatic nitrogens is 2.